The maximum Gasteiger partial charge on any atom is 0.344 e. The molecule has 2 aromatic rings. The number of nitrogens with zero attached hydrogens (tertiary/aromatic N) is 1. The molecule has 0 spiro atoms. The first-order valence-electron chi connectivity index (χ1n) is 8.36. The van der Waals surface area contributed by atoms with Crippen LogP contribution in [-0.4, -0.2) is 24.1 Å². The minimum atomic E-state index is -0.458. The van der Waals surface area contributed by atoms with Gasteiger partial charge >= 0.3 is 5.97 Å². The Kier molecular flexibility index (Phi) is 6.87. The number of rotatable bonds is 6. The highest BCUT2D eigenvalue weighted by atomic mass is 32.2. The molecule has 0 atom stereocenters. The molecule has 1 aliphatic heterocycles. The number of carbonyl (C=O) groups is 1. The summed E-state index contributed by atoms with van der Waals surface area (Å²) in [6.45, 7) is -0.0814. The third-order valence-electron chi connectivity index (χ3n) is 3.86. The molecule has 1 saturated heterocycles. The van der Waals surface area contributed by atoms with E-state index >= 15 is 0 Å². The Morgan fingerprint density at radius 1 is 1.12 bits per heavy atom. The van der Waals surface area contributed by atoms with Gasteiger partial charge in [-0.2, -0.15) is 5.26 Å². The number of hydrogen-bond acceptors (Lipinski definition) is 6. The Morgan fingerprint density at radius 3 is 2.58 bits per heavy atom. The Labute approximate surface area is 161 Å². The highest BCUT2D eigenvalue weighted by Crippen LogP contribution is 2.43. The zero-order chi connectivity index (χ0) is 18.2. The van der Waals surface area contributed by atoms with E-state index in [1.54, 1.807) is 18.2 Å². The first kappa shape index (κ1) is 18.7. The first-order chi connectivity index (χ1) is 12.8. The highest BCUT2D eigenvalue weighted by molar-refractivity contribution is 8.16. The smallest absolute Gasteiger partial charge is 0.344 e. The fourth-order valence-corrected chi connectivity index (χ4v) is 5.39. The van der Waals surface area contributed by atoms with Crippen molar-refractivity contribution < 1.29 is 14.3 Å². The van der Waals surface area contributed by atoms with E-state index in [4.69, 9.17) is 14.7 Å². The molecule has 0 unspecified atom stereocenters. The van der Waals surface area contributed by atoms with Gasteiger partial charge in [-0.15, -0.1) is 23.5 Å². The van der Waals surface area contributed by atoms with Crippen molar-refractivity contribution in [1.29, 1.82) is 5.26 Å². The summed E-state index contributed by atoms with van der Waals surface area (Å²) in [7, 11) is 0. The van der Waals surface area contributed by atoms with Gasteiger partial charge < -0.3 is 9.47 Å². The van der Waals surface area contributed by atoms with Crippen molar-refractivity contribution in [2.45, 2.75) is 17.6 Å². The van der Waals surface area contributed by atoms with E-state index in [9.17, 15) is 4.79 Å². The average Bonchev–Trinajstić information content (AvgIpc) is 2.72. The van der Waals surface area contributed by atoms with E-state index in [-0.39, 0.29) is 13.2 Å². The van der Waals surface area contributed by atoms with Crippen LogP contribution in [0.15, 0.2) is 48.5 Å². The molecule has 134 valence electrons. The minimum absolute atomic E-state index is 0.0704. The van der Waals surface area contributed by atoms with Gasteiger partial charge in [0.25, 0.3) is 0 Å². The van der Waals surface area contributed by atoms with Crippen LogP contribution in [-0.2, 0) is 16.1 Å². The molecule has 0 N–H and O–H groups in total. The fraction of sp³-hybridized carbons (Fsp3) is 0.300. The number of benzene rings is 2. The summed E-state index contributed by atoms with van der Waals surface area (Å²) in [5.74, 6) is 2.60. The Morgan fingerprint density at radius 2 is 1.85 bits per heavy atom. The van der Waals surface area contributed by atoms with Gasteiger partial charge in [0, 0.05) is 5.56 Å². The Balaban J connectivity index is 1.46. The van der Waals surface area contributed by atoms with Crippen LogP contribution in [0.2, 0.25) is 0 Å². The molecule has 0 amide bonds. The van der Waals surface area contributed by atoms with E-state index < -0.39 is 5.97 Å². The van der Waals surface area contributed by atoms with Crippen LogP contribution >= 0.6 is 23.5 Å². The van der Waals surface area contributed by atoms with Crippen molar-refractivity contribution in [3.8, 4) is 11.8 Å². The van der Waals surface area contributed by atoms with Gasteiger partial charge in [-0.25, -0.2) is 4.79 Å². The number of nitriles is 1. The van der Waals surface area contributed by atoms with Gasteiger partial charge in [-0.3, -0.25) is 0 Å². The molecule has 26 heavy (non-hydrogen) atoms. The van der Waals surface area contributed by atoms with Gasteiger partial charge in [-0.1, -0.05) is 30.3 Å². The van der Waals surface area contributed by atoms with Gasteiger partial charge in [0.2, 0.25) is 0 Å². The first-order valence-corrected chi connectivity index (χ1v) is 10.5. The minimum Gasteiger partial charge on any atom is -0.482 e. The monoisotopic (exact) mass is 385 g/mol. The van der Waals surface area contributed by atoms with Gasteiger partial charge in [0.1, 0.15) is 12.4 Å². The van der Waals surface area contributed by atoms with Crippen molar-refractivity contribution in [3.05, 3.63) is 65.2 Å². The van der Waals surface area contributed by atoms with Crippen molar-refractivity contribution >= 4 is 29.5 Å². The number of thioether (sulfide) groups is 2. The third-order valence-corrected chi connectivity index (χ3v) is 6.88. The molecule has 0 radical (unpaired) electrons. The molecule has 1 aliphatic rings. The average molecular weight is 386 g/mol. The van der Waals surface area contributed by atoms with Crippen LogP contribution in [0.5, 0.6) is 5.75 Å². The van der Waals surface area contributed by atoms with Crippen LogP contribution < -0.4 is 4.74 Å². The summed E-state index contributed by atoms with van der Waals surface area (Å²) in [6.07, 6.45) is 1.27. The number of carbonyl (C=O) groups excluding carboxylic acids is 1. The maximum absolute atomic E-state index is 11.9. The van der Waals surface area contributed by atoms with Gasteiger partial charge in [-0.05, 0) is 41.7 Å². The second-order valence-electron chi connectivity index (χ2n) is 5.71. The summed E-state index contributed by atoms with van der Waals surface area (Å²) in [5.41, 5.74) is 2.48. The topological polar surface area (TPSA) is 59.3 Å². The second-order valence-corrected chi connectivity index (χ2v) is 8.44. The quantitative estimate of drug-likeness (QED) is 0.680. The Bertz CT molecular complexity index is 780. The molecular formula is C20H19NO3S2. The summed E-state index contributed by atoms with van der Waals surface area (Å²) >= 11 is 3.95. The standard InChI is InChI=1S/C20H19NO3S2/c21-12-16-4-1-2-5-17(16)13-24-19(22)14-23-18-8-6-15(7-9-18)20-25-10-3-11-26-20/h1-2,4-9,20H,3,10-11,13-14H2. The van der Waals surface area contributed by atoms with Crippen LogP contribution in [0.4, 0.5) is 0 Å². The molecule has 3 rings (SSSR count). The lowest BCUT2D eigenvalue weighted by Gasteiger charge is -2.21. The second kappa shape index (κ2) is 9.56. The molecule has 2 aromatic carbocycles. The molecular weight excluding hydrogens is 366 g/mol. The molecule has 1 fully saturated rings. The van der Waals surface area contributed by atoms with Gasteiger partial charge in [0.05, 0.1) is 16.2 Å². The number of esters is 1. The van der Waals surface area contributed by atoms with Gasteiger partial charge in [0.15, 0.2) is 6.61 Å². The van der Waals surface area contributed by atoms with E-state index in [1.165, 1.54) is 23.5 Å². The lowest BCUT2D eigenvalue weighted by molar-refractivity contribution is -0.147. The predicted octanol–water partition coefficient (Wildman–Crippen LogP) is 4.55. The summed E-state index contributed by atoms with van der Waals surface area (Å²) in [6, 6.07) is 17.0. The molecule has 0 bridgehead atoms. The summed E-state index contributed by atoms with van der Waals surface area (Å²) < 4.78 is 11.2. The van der Waals surface area contributed by atoms with Crippen LogP contribution in [0.1, 0.15) is 27.7 Å². The zero-order valence-electron chi connectivity index (χ0n) is 14.2. The van der Waals surface area contributed by atoms with E-state index in [0.29, 0.717) is 21.5 Å². The SMILES string of the molecule is N#Cc1ccccc1COC(=O)COc1ccc(C2SCCCS2)cc1. The fourth-order valence-electron chi connectivity index (χ4n) is 2.50. The van der Waals surface area contributed by atoms with Crippen molar-refractivity contribution in [1.82, 2.24) is 0 Å². The number of hydrogen-bond donors (Lipinski definition) is 0. The molecule has 0 saturated carbocycles. The highest BCUT2D eigenvalue weighted by Gasteiger charge is 2.16. The van der Waals surface area contributed by atoms with E-state index in [1.807, 2.05) is 41.7 Å². The van der Waals surface area contributed by atoms with Crippen molar-refractivity contribution in [2.24, 2.45) is 0 Å². The van der Waals surface area contributed by atoms with Crippen LogP contribution in [0, 0.1) is 11.3 Å². The molecule has 1 heterocycles. The molecule has 0 aromatic heterocycles. The lowest BCUT2D eigenvalue weighted by atomic mass is 10.1. The summed E-state index contributed by atoms with van der Waals surface area (Å²) in [4.78, 5) is 11.9. The van der Waals surface area contributed by atoms with Crippen LogP contribution in [0.25, 0.3) is 0 Å². The summed E-state index contributed by atoms with van der Waals surface area (Å²) in [5, 5.41) is 9.03. The Hall–Kier alpha value is -2.10. The molecule has 0 aliphatic carbocycles. The van der Waals surface area contributed by atoms with E-state index in [2.05, 4.69) is 18.2 Å². The van der Waals surface area contributed by atoms with Crippen LogP contribution in [0.3, 0.4) is 0 Å². The third kappa shape index (κ3) is 5.20. The number of ether oxygens (including phenoxy) is 2. The van der Waals surface area contributed by atoms with Crippen molar-refractivity contribution in [2.75, 3.05) is 18.1 Å². The van der Waals surface area contributed by atoms with Crippen molar-refractivity contribution in [3.63, 3.8) is 0 Å². The largest absolute Gasteiger partial charge is 0.482 e. The molecule has 6 heteroatoms. The van der Waals surface area contributed by atoms with E-state index in [0.717, 1.165) is 0 Å². The zero-order valence-corrected chi connectivity index (χ0v) is 15.9. The molecule has 4 nitrogen and oxygen atoms in total. The normalized spacial score (nSPS) is 14.4. The maximum atomic E-state index is 11.9. The predicted molar refractivity (Wildman–Crippen MR) is 105 cm³/mol. The lowest BCUT2D eigenvalue weighted by Crippen LogP contribution is -2.15.